The zero-order valence-corrected chi connectivity index (χ0v) is 13.4. The summed E-state index contributed by atoms with van der Waals surface area (Å²) < 4.78 is 69.0. The van der Waals surface area contributed by atoms with E-state index in [1.165, 1.54) is 38.4 Å². The van der Waals surface area contributed by atoms with Gasteiger partial charge in [-0.05, 0) is 30.7 Å². The third-order valence-corrected chi connectivity index (χ3v) is 4.47. The van der Waals surface area contributed by atoms with Gasteiger partial charge in [0, 0.05) is 13.2 Å². The quantitative estimate of drug-likeness (QED) is 0.906. The Labute approximate surface area is 135 Å². The topological polar surface area (TPSA) is 77.4 Å². The van der Waals surface area contributed by atoms with Crippen molar-refractivity contribution >= 4 is 15.7 Å². The Morgan fingerprint density at radius 2 is 1.79 bits per heavy atom. The molecule has 0 spiro atoms. The highest BCUT2D eigenvalue weighted by molar-refractivity contribution is 7.92. The second-order valence-corrected chi connectivity index (χ2v) is 6.54. The Bertz CT molecular complexity index is 920. The summed E-state index contributed by atoms with van der Waals surface area (Å²) in [7, 11) is -3.05. The van der Waals surface area contributed by atoms with Gasteiger partial charge in [-0.25, -0.2) is 8.42 Å². The molecule has 0 radical (unpaired) electrons. The van der Waals surface area contributed by atoms with E-state index < -0.39 is 32.6 Å². The summed E-state index contributed by atoms with van der Waals surface area (Å²) in [6.45, 7) is 1.50. The smallest absolute Gasteiger partial charge is 0.404 e. The van der Waals surface area contributed by atoms with E-state index in [4.69, 9.17) is 0 Å². The molecule has 2 rings (SSSR count). The lowest BCUT2D eigenvalue weighted by Crippen LogP contribution is -2.26. The van der Waals surface area contributed by atoms with Gasteiger partial charge in [0.25, 0.3) is 15.6 Å². The molecule has 2 aromatic rings. The fourth-order valence-electron chi connectivity index (χ4n) is 1.91. The molecule has 1 aromatic carbocycles. The van der Waals surface area contributed by atoms with Crippen molar-refractivity contribution < 1.29 is 26.3 Å². The molecule has 0 amide bonds. The number of rotatable bonds is 4. The molecule has 6 nitrogen and oxygen atoms in total. The van der Waals surface area contributed by atoms with Crippen LogP contribution in [0.3, 0.4) is 0 Å². The SMILES string of the molecule is Cc1ccn(C)c(=O)c1NS(=O)(=O)c1ccccc1OC(F)(F)F. The normalized spacial score (nSPS) is 12.0. The highest BCUT2D eigenvalue weighted by Gasteiger charge is 2.34. The van der Waals surface area contributed by atoms with Gasteiger partial charge in [-0.15, -0.1) is 13.2 Å². The molecule has 0 fully saturated rings. The minimum absolute atomic E-state index is 0.248. The van der Waals surface area contributed by atoms with Crippen molar-refractivity contribution in [2.45, 2.75) is 18.2 Å². The highest BCUT2D eigenvalue weighted by Crippen LogP contribution is 2.30. The monoisotopic (exact) mass is 362 g/mol. The maximum absolute atomic E-state index is 12.4. The van der Waals surface area contributed by atoms with Crippen LogP contribution in [0, 0.1) is 6.92 Å². The molecule has 1 heterocycles. The van der Waals surface area contributed by atoms with Gasteiger partial charge in [-0.1, -0.05) is 12.1 Å². The number of para-hydroxylation sites is 1. The van der Waals surface area contributed by atoms with Crippen LogP contribution >= 0.6 is 0 Å². The second kappa shape index (κ2) is 6.19. The average molecular weight is 362 g/mol. The van der Waals surface area contributed by atoms with Crippen molar-refractivity contribution in [3.05, 3.63) is 52.4 Å². The van der Waals surface area contributed by atoms with Crippen LogP contribution in [0.4, 0.5) is 18.9 Å². The van der Waals surface area contributed by atoms with Crippen LogP contribution in [0.25, 0.3) is 0 Å². The van der Waals surface area contributed by atoms with Gasteiger partial charge >= 0.3 is 6.36 Å². The molecule has 0 bridgehead atoms. The maximum atomic E-state index is 12.4. The Morgan fingerprint density at radius 3 is 2.42 bits per heavy atom. The number of nitrogens with zero attached hydrogens (tertiary/aromatic N) is 1. The zero-order valence-electron chi connectivity index (χ0n) is 12.6. The fourth-order valence-corrected chi connectivity index (χ4v) is 3.17. The lowest BCUT2D eigenvalue weighted by atomic mass is 10.2. The highest BCUT2D eigenvalue weighted by atomic mass is 32.2. The molecule has 0 aliphatic rings. The number of halogens is 3. The van der Waals surface area contributed by atoms with E-state index >= 15 is 0 Å². The van der Waals surface area contributed by atoms with Crippen LogP contribution in [0.2, 0.25) is 0 Å². The van der Waals surface area contributed by atoms with E-state index in [0.717, 1.165) is 16.7 Å². The van der Waals surface area contributed by atoms with Crippen molar-refractivity contribution in [2.75, 3.05) is 4.72 Å². The third-order valence-electron chi connectivity index (χ3n) is 3.08. The number of hydrogen-bond donors (Lipinski definition) is 1. The molecule has 0 saturated carbocycles. The van der Waals surface area contributed by atoms with Crippen LogP contribution in [0.5, 0.6) is 5.75 Å². The van der Waals surface area contributed by atoms with Crippen LogP contribution in [-0.2, 0) is 17.1 Å². The fraction of sp³-hybridized carbons (Fsp3) is 0.214. The number of anilines is 1. The molecule has 0 unspecified atom stereocenters. The van der Waals surface area contributed by atoms with E-state index in [-0.39, 0.29) is 5.69 Å². The Balaban J connectivity index is 2.50. The van der Waals surface area contributed by atoms with Crippen molar-refractivity contribution in [2.24, 2.45) is 7.05 Å². The van der Waals surface area contributed by atoms with Crippen LogP contribution in [0.1, 0.15) is 5.56 Å². The number of aromatic nitrogens is 1. The summed E-state index contributed by atoms with van der Waals surface area (Å²) in [6, 6.07) is 5.77. The molecular formula is C14H13F3N2O4S. The van der Waals surface area contributed by atoms with Gasteiger partial charge in [0.15, 0.2) is 0 Å². The molecule has 24 heavy (non-hydrogen) atoms. The first-order valence-corrected chi connectivity index (χ1v) is 8.03. The molecule has 0 aliphatic heterocycles. The first-order chi connectivity index (χ1) is 11.0. The molecule has 0 atom stereocenters. The molecule has 130 valence electrons. The van der Waals surface area contributed by atoms with Crippen molar-refractivity contribution in [3.8, 4) is 5.75 Å². The van der Waals surface area contributed by atoms with Crippen molar-refractivity contribution in [1.82, 2.24) is 4.57 Å². The van der Waals surface area contributed by atoms with E-state index in [9.17, 15) is 26.4 Å². The third kappa shape index (κ3) is 3.88. The number of aryl methyl sites for hydroxylation is 2. The van der Waals surface area contributed by atoms with Gasteiger partial charge in [0.1, 0.15) is 16.3 Å². The number of benzene rings is 1. The summed E-state index contributed by atoms with van der Waals surface area (Å²) >= 11 is 0. The Kier molecular flexibility index (Phi) is 4.61. The molecule has 1 aromatic heterocycles. The van der Waals surface area contributed by atoms with Crippen molar-refractivity contribution in [3.63, 3.8) is 0 Å². The van der Waals surface area contributed by atoms with Crippen LogP contribution in [0.15, 0.2) is 46.2 Å². The average Bonchev–Trinajstić information content (AvgIpc) is 2.46. The zero-order chi connectivity index (χ0) is 18.1. The summed E-state index contributed by atoms with van der Waals surface area (Å²) in [5, 5.41) is 0. The second-order valence-electron chi connectivity index (χ2n) is 4.89. The minimum atomic E-state index is -5.05. The number of nitrogens with one attached hydrogen (secondary N) is 1. The summed E-state index contributed by atoms with van der Waals surface area (Å²) in [5.74, 6) is -0.886. The largest absolute Gasteiger partial charge is 0.573 e. The molecule has 10 heteroatoms. The van der Waals surface area contributed by atoms with Crippen LogP contribution < -0.4 is 15.0 Å². The standard InChI is InChI=1S/C14H13F3N2O4S/c1-9-7-8-19(2)13(20)12(9)18-24(21,22)11-6-4-3-5-10(11)23-14(15,16)17/h3-8,18H,1-2H3. The minimum Gasteiger partial charge on any atom is -0.404 e. The van der Waals surface area contributed by atoms with E-state index in [1.807, 2.05) is 4.72 Å². The first kappa shape index (κ1) is 17.9. The van der Waals surface area contributed by atoms with Crippen molar-refractivity contribution in [1.29, 1.82) is 0 Å². The van der Waals surface area contributed by atoms with E-state index in [1.54, 1.807) is 0 Å². The Hall–Kier alpha value is -2.49. The number of sulfonamides is 1. The summed E-state index contributed by atoms with van der Waals surface area (Å²) in [6.07, 6.45) is -3.61. The molecule has 1 N–H and O–H groups in total. The lowest BCUT2D eigenvalue weighted by molar-refractivity contribution is -0.275. The van der Waals surface area contributed by atoms with Gasteiger partial charge < -0.3 is 9.30 Å². The van der Waals surface area contributed by atoms with Gasteiger partial charge in [-0.2, -0.15) is 0 Å². The molecular weight excluding hydrogens is 349 g/mol. The molecule has 0 saturated heterocycles. The number of pyridine rings is 1. The van der Waals surface area contributed by atoms with Gasteiger partial charge in [0.2, 0.25) is 0 Å². The molecule has 0 aliphatic carbocycles. The van der Waals surface area contributed by atoms with Gasteiger partial charge in [0.05, 0.1) is 0 Å². The summed E-state index contributed by atoms with van der Waals surface area (Å²) in [5.41, 5.74) is -0.550. The maximum Gasteiger partial charge on any atom is 0.573 e. The number of hydrogen-bond acceptors (Lipinski definition) is 4. The lowest BCUT2D eigenvalue weighted by Gasteiger charge is -2.15. The van der Waals surface area contributed by atoms with Gasteiger partial charge in [-0.3, -0.25) is 9.52 Å². The first-order valence-electron chi connectivity index (χ1n) is 6.55. The predicted octanol–water partition coefficient (Wildman–Crippen LogP) is 2.39. The van der Waals surface area contributed by atoms with E-state index in [2.05, 4.69) is 4.74 Å². The van der Waals surface area contributed by atoms with Crippen LogP contribution in [-0.4, -0.2) is 19.3 Å². The number of alkyl halides is 3. The summed E-state index contributed by atoms with van der Waals surface area (Å²) in [4.78, 5) is 11.3. The predicted molar refractivity (Wildman–Crippen MR) is 80.4 cm³/mol. The Morgan fingerprint density at radius 1 is 1.17 bits per heavy atom. The number of ether oxygens (including phenoxy) is 1. The van der Waals surface area contributed by atoms with E-state index in [0.29, 0.717) is 5.56 Å².